The predicted molar refractivity (Wildman–Crippen MR) is 116 cm³/mol. The highest BCUT2D eigenvalue weighted by Gasteiger charge is 2.16. The molecule has 1 fully saturated rings. The van der Waals surface area contributed by atoms with Gasteiger partial charge in [-0.3, -0.25) is 14.2 Å². The highest BCUT2D eigenvalue weighted by atomic mass is 16.5. The van der Waals surface area contributed by atoms with Gasteiger partial charge in [0.2, 0.25) is 0 Å². The van der Waals surface area contributed by atoms with Gasteiger partial charge in [-0.05, 0) is 37.1 Å². The van der Waals surface area contributed by atoms with Crippen molar-refractivity contribution in [1.29, 1.82) is 0 Å². The van der Waals surface area contributed by atoms with Crippen LogP contribution in [-0.2, 0) is 6.54 Å². The first kappa shape index (κ1) is 20.5. The number of hydrogen-bond donors (Lipinski definition) is 1. The number of amides is 1. The number of ether oxygens (including phenoxy) is 1. The molecule has 1 amide bonds. The summed E-state index contributed by atoms with van der Waals surface area (Å²) in [7, 11) is 1.60. The van der Waals surface area contributed by atoms with Crippen molar-refractivity contribution in [3.8, 4) is 17.0 Å². The molecule has 0 saturated carbocycles. The van der Waals surface area contributed by atoms with Crippen LogP contribution in [0.4, 0.5) is 5.82 Å². The largest absolute Gasteiger partial charge is 0.497 e. The Labute approximate surface area is 179 Å². The maximum absolute atomic E-state index is 12.4. The molecule has 0 unspecified atom stereocenters. The number of carbonyl (C=O) groups excluding carboxylic acids is 1. The number of rotatable bonds is 7. The van der Waals surface area contributed by atoms with E-state index in [1.165, 1.54) is 23.3 Å². The van der Waals surface area contributed by atoms with Gasteiger partial charge in [-0.2, -0.15) is 0 Å². The fraction of sp³-hybridized carbons (Fsp3) is 0.318. The Morgan fingerprint density at radius 3 is 2.58 bits per heavy atom. The van der Waals surface area contributed by atoms with Gasteiger partial charge in [0, 0.05) is 43.9 Å². The van der Waals surface area contributed by atoms with Crippen molar-refractivity contribution in [2.45, 2.75) is 19.4 Å². The molecule has 1 N–H and O–H groups in total. The van der Waals surface area contributed by atoms with Crippen LogP contribution in [0.1, 0.15) is 23.3 Å². The van der Waals surface area contributed by atoms with Crippen LogP contribution in [0.25, 0.3) is 11.3 Å². The van der Waals surface area contributed by atoms with Crippen LogP contribution in [0.15, 0.2) is 53.8 Å². The van der Waals surface area contributed by atoms with E-state index >= 15 is 0 Å². The zero-order valence-corrected chi connectivity index (χ0v) is 17.3. The minimum Gasteiger partial charge on any atom is -0.497 e. The second-order valence-electron chi connectivity index (χ2n) is 7.25. The third-order valence-corrected chi connectivity index (χ3v) is 5.22. The van der Waals surface area contributed by atoms with Crippen LogP contribution in [0.3, 0.4) is 0 Å². The predicted octanol–water partition coefficient (Wildman–Crippen LogP) is 1.74. The van der Waals surface area contributed by atoms with Crippen LogP contribution in [0, 0.1) is 0 Å². The zero-order chi connectivity index (χ0) is 21.6. The third-order valence-electron chi connectivity index (χ3n) is 5.22. The highest BCUT2D eigenvalue weighted by molar-refractivity contribution is 5.92. The molecular weight excluding hydrogens is 396 g/mol. The van der Waals surface area contributed by atoms with E-state index in [-0.39, 0.29) is 18.0 Å². The molecule has 2 aromatic heterocycles. The monoisotopic (exact) mass is 420 g/mol. The van der Waals surface area contributed by atoms with Gasteiger partial charge in [0.05, 0.1) is 19.1 Å². The van der Waals surface area contributed by atoms with Crippen LogP contribution in [0.5, 0.6) is 5.75 Å². The number of carbonyl (C=O) groups is 1. The van der Waals surface area contributed by atoms with E-state index in [4.69, 9.17) is 4.74 Å². The normalized spacial score (nSPS) is 13.3. The maximum Gasteiger partial charge on any atom is 0.270 e. The van der Waals surface area contributed by atoms with Gasteiger partial charge in [0.15, 0.2) is 0 Å². The number of nitrogens with zero attached hydrogens (tertiary/aromatic N) is 5. The lowest BCUT2D eigenvalue weighted by molar-refractivity contribution is 0.0947. The van der Waals surface area contributed by atoms with Gasteiger partial charge in [-0.15, -0.1) is 0 Å². The summed E-state index contributed by atoms with van der Waals surface area (Å²) >= 11 is 0. The maximum atomic E-state index is 12.4. The smallest absolute Gasteiger partial charge is 0.270 e. The van der Waals surface area contributed by atoms with Crippen LogP contribution >= 0.6 is 0 Å². The van der Waals surface area contributed by atoms with Crippen LogP contribution < -0.4 is 20.5 Å². The molecular formula is C22H24N6O3. The van der Waals surface area contributed by atoms with Gasteiger partial charge < -0.3 is 15.0 Å². The fourth-order valence-electron chi connectivity index (χ4n) is 3.48. The summed E-state index contributed by atoms with van der Waals surface area (Å²) in [4.78, 5) is 39.7. The molecule has 0 spiro atoms. The number of benzene rings is 1. The summed E-state index contributed by atoms with van der Waals surface area (Å²) < 4.78 is 6.61. The molecule has 9 nitrogen and oxygen atoms in total. The Hall–Kier alpha value is -3.75. The number of methoxy groups -OCH3 is 1. The molecule has 1 saturated heterocycles. The fourth-order valence-corrected chi connectivity index (χ4v) is 3.48. The average molecular weight is 420 g/mol. The number of aromatic nitrogens is 4. The van der Waals surface area contributed by atoms with Crippen molar-refractivity contribution in [3.05, 3.63) is 65.1 Å². The molecule has 1 aliphatic rings. The van der Waals surface area contributed by atoms with Gasteiger partial charge >= 0.3 is 0 Å². The first-order chi connectivity index (χ1) is 15.1. The molecule has 0 bridgehead atoms. The summed E-state index contributed by atoms with van der Waals surface area (Å²) in [5.74, 6) is 1.22. The van der Waals surface area contributed by atoms with E-state index in [0.29, 0.717) is 17.9 Å². The van der Waals surface area contributed by atoms with Crippen molar-refractivity contribution >= 4 is 11.7 Å². The molecule has 1 aliphatic heterocycles. The number of nitrogens with one attached hydrogen (secondary N) is 1. The minimum absolute atomic E-state index is 0.187. The Morgan fingerprint density at radius 2 is 1.87 bits per heavy atom. The quantitative estimate of drug-likeness (QED) is 0.621. The molecule has 3 aromatic rings. The molecule has 3 heterocycles. The first-order valence-corrected chi connectivity index (χ1v) is 10.2. The van der Waals surface area contributed by atoms with Gasteiger partial charge in [-0.1, -0.05) is 0 Å². The Bertz CT molecular complexity index is 1110. The third kappa shape index (κ3) is 4.88. The highest BCUT2D eigenvalue weighted by Crippen LogP contribution is 2.19. The van der Waals surface area contributed by atoms with Crippen LogP contribution in [-0.4, -0.2) is 52.2 Å². The topological polar surface area (TPSA) is 102 Å². The summed E-state index contributed by atoms with van der Waals surface area (Å²) in [6, 6.07) is 10.5. The van der Waals surface area contributed by atoms with Crippen molar-refractivity contribution < 1.29 is 9.53 Å². The molecule has 9 heteroatoms. The molecule has 4 rings (SSSR count). The zero-order valence-electron chi connectivity index (χ0n) is 17.3. The number of anilines is 1. The van der Waals surface area contributed by atoms with E-state index in [2.05, 4.69) is 25.2 Å². The minimum atomic E-state index is -0.293. The Kier molecular flexibility index (Phi) is 6.21. The molecule has 0 aliphatic carbocycles. The number of hydrogen-bond acceptors (Lipinski definition) is 7. The summed E-state index contributed by atoms with van der Waals surface area (Å²) in [5, 5.41) is 2.80. The van der Waals surface area contributed by atoms with Crippen LogP contribution in [0.2, 0.25) is 0 Å². The Morgan fingerprint density at radius 1 is 1.10 bits per heavy atom. The van der Waals surface area contributed by atoms with Crippen molar-refractivity contribution in [3.63, 3.8) is 0 Å². The summed E-state index contributed by atoms with van der Waals surface area (Å²) in [6.07, 6.45) is 5.16. The second-order valence-corrected chi connectivity index (χ2v) is 7.25. The van der Waals surface area contributed by atoms with Crippen molar-refractivity contribution in [2.75, 3.05) is 31.6 Å². The van der Waals surface area contributed by atoms with E-state index < -0.39 is 0 Å². The lowest BCUT2D eigenvalue weighted by atomic mass is 10.1. The van der Waals surface area contributed by atoms with E-state index in [0.717, 1.165) is 43.1 Å². The van der Waals surface area contributed by atoms with E-state index in [1.54, 1.807) is 13.2 Å². The Balaban J connectivity index is 1.35. The van der Waals surface area contributed by atoms with Gasteiger partial charge in [0.1, 0.15) is 23.6 Å². The second kappa shape index (κ2) is 9.38. The van der Waals surface area contributed by atoms with E-state index in [1.807, 2.05) is 24.3 Å². The first-order valence-electron chi connectivity index (χ1n) is 10.2. The molecule has 0 radical (unpaired) electrons. The SMILES string of the molecule is COc1ccc(-c2cc(=O)n(CCNC(=O)c3cc(N4CCCC4)ncn3)cn2)cc1. The standard InChI is InChI=1S/C22H24N6O3/c1-31-17-6-4-16(5-7-17)18-13-21(29)28(15-26-18)11-8-23-22(30)19-12-20(25-14-24-19)27-9-2-3-10-27/h4-7,12-15H,2-3,8-11H2,1H3,(H,23,30). The lowest BCUT2D eigenvalue weighted by Gasteiger charge is -2.16. The van der Waals surface area contributed by atoms with Crippen molar-refractivity contribution in [2.24, 2.45) is 0 Å². The van der Waals surface area contributed by atoms with Crippen molar-refractivity contribution in [1.82, 2.24) is 24.8 Å². The van der Waals surface area contributed by atoms with Gasteiger partial charge in [-0.25, -0.2) is 15.0 Å². The molecule has 160 valence electrons. The molecule has 1 aromatic carbocycles. The van der Waals surface area contributed by atoms with E-state index in [9.17, 15) is 9.59 Å². The summed E-state index contributed by atoms with van der Waals surface area (Å²) in [6.45, 7) is 2.48. The average Bonchev–Trinajstić information content (AvgIpc) is 3.35. The molecule has 31 heavy (non-hydrogen) atoms. The lowest BCUT2D eigenvalue weighted by Crippen LogP contribution is -2.31. The van der Waals surface area contributed by atoms with Gasteiger partial charge in [0.25, 0.3) is 11.5 Å². The summed E-state index contributed by atoms with van der Waals surface area (Å²) in [5.41, 5.74) is 1.55. The molecule has 0 atom stereocenters.